The number of aromatic nitrogens is 1. The van der Waals surface area contributed by atoms with Crippen LogP contribution in [0, 0.1) is 0 Å². The van der Waals surface area contributed by atoms with Crippen molar-refractivity contribution in [2.75, 3.05) is 6.61 Å². The molecule has 1 N–H and O–H groups in total. The van der Waals surface area contributed by atoms with Crippen molar-refractivity contribution in [2.45, 2.75) is 19.9 Å². The average Bonchev–Trinajstić information content (AvgIpc) is 2.48. The molecule has 21 heavy (non-hydrogen) atoms. The lowest BCUT2D eigenvalue weighted by Crippen LogP contribution is -2.27. The number of rotatable bonds is 5. The fourth-order valence-corrected chi connectivity index (χ4v) is 2.19. The number of hydrogen-bond donors (Lipinski definition) is 1. The summed E-state index contributed by atoms with van der Waals surface area (Å²) < 4.78 is 6.39. The van der Waals surface area contributed by atoms with Crippen LogP contribution in [0.4, 0.5) is 0 Å². The third-order valence-corrected chi connectivity index (χ3v) is 3.54. The molecule has 0 radical (unpaired) electrons. The first-order chi connectivity index (χ1) is 10.1. The lowest BCUT2D eigenvalue weighted by Gasteiger charge is -2.15. The van der Waals surface area contributed by atoms with Gasteiger partial charge in [0.2, 0.25) is 5.88 Å². The number of halogens is 1. The van der Waals surface area contributed by atoms with Crippen molar-refractivity contribution in [3.8, 4) is 5.88 Å². The third kappa shape index (κ3) is 4.04. The zero-order valence-corrected chi connectivity index (χ0v) is 13.6. The number of carbonyl (C=O) groups excluding carboxylic acids is 1. The van der Waals surface area contributed by atoms with Crippen molar-refractivity contribution >= 4 is 21.8 Å². The monoisotopic (exact) mass is 348 g/mol. The van der Waals surface area contributed by atoms with Gasteiger partial charge in [0.05, 0.1) is 12.6 Å². The first-order valence-electron chi connectivity index (χ1n) is 6.76. The van der Waals surface area contributed by atoms with Crippen LogP contribution in [0.2, 0.25) is 0 Å². The Morgan fingerprint density at radius 1 is 1.33 bits per heavy atom. The van der Waals surface area contributed by atoms with Crippen LogP contribution in [0.3, 0.4) is 0 Å². The van der Waals surface area contributed by atoms with E-state index in [-0.39, 0.29) is 11.9 Å². The van der Waals surface area contributed by atoms with Crippen molar-refractivity contribution in [1.82, 2.24) is 10.3 Å². The van der Waals surface area contributed by atoms with Crippen molar-refractivity contribution in [2.24, 2.45) is 0 Å². The van der Waals surface area contributed by atoms with Gasteiger partial charge < -0.3 is 10.1 Å². The molecule has 0 saturated heterocycles. The van der Waals surface area contributed by atoms with Crippen LogP contribution in [0.1, 0.15) is 35.8 Å². The zero-order valence-electron chi connectivity index (χ0n) is 12.0. The second kappa shape index (κ2) is 7.22. The summed E-state index contributed by atoms with van der Waals surface area (Å²) in [6.45, 7) is 4.28. The molecule has 1 heterocycles. The Labute approximate surface area is 132 Å². The van der Waals surface area contributed by atoms with Gasteiger partial charge in [-0.25, -0.2) is 4.98 Å². The van der Waals surface area contributed by atoms with Crippen molar-refractivity contribution in [3.63, 3.8) is 0 Å². The molecule has 1 atom stereocenters. The number of nitrogens with zero attached hydrogens (tertiary/aromatic N) is 1. The van der Waals surface area contributed by atoms with E-state index in [9.17, 15) is 4.79 Å². The Morgan fingerprint density at radius 2 is 2.05 bits per heavy atom. The lowest BCUT2D eigenvalue weighted by molar-refractivity contribution is 0.0935. The van der Waals surface area contributed by atoms with E-state index in [0.717, 1.165) is 10.0 Å². The van der Waals surface area contributed by atoms with Crippen molar-refractivity contribution in [1.29, 1.82) is 0 Å². The van der Waals surface area contributed by atoms with Gasteiger partial charge in [-0.1, -0.05) is 28.1 Å². The highest BCUT2D eigenvalue weighted by atomic mass is 79.9. The summed E-state index contributed by atoms with van der Waals surface area (Å²) >= 11 is 3.40. The van der Waals surface area contributed by atoms with Crippen molar-refractivity contribution in [3.05, 3.63) is 58.2 Å². The van der Waals surface area contributed by atoms with E-state index < -0.39 is 0 Å². The third-order valence-electron chi connectivity index (χ3n) is 3.01. The van der Waals surface area contributed by atoms with Gasteiger partial charge in [0.1, 0.15) is 5.56 Å². The van der Waals surface area contributed by atoms with Gasteiger partial charge >= 0.3 is 0 Å². The number of amides is 1. The standard InChI is InChI=1S/C16H17BrN2O2/c1-3-21-16-14(5-4-10-18-16)15(20)19-11(2)12-6-8-13(17)9-7-12/h4-11H,3H2,1-2H3,(H,19,20). The van der Waals surface area contributed by atoms with Crippen LogP contribution >= 0.6 is 15.9 Å². The molecule has 110 valence electrons. The first-order valence-corrected chi connectivity index (χ1v) is 7.55. The van der Waals surface area contributed by atoms with Gasteiger partial charge in [-0.05, 0) is 43.7 Å². The van der Waals surface area contributed by atoms with E-state index >= 15 is 0 Å². The van der Waals surface area contributed by atoms with Crippen LogP contribution in [0.15, 0.2) is 47.1 Å². The molecule has 2 rings (SSSR count). The Bertz CT molecular complexity index is 614. The summed E-state index contributed by atoms with van der Waals surface area (Å²) in [6, 6.07) is 11.2. The molecule has 0 spiro atoms. The Hall–Kier alpha value is -1.88. The predicted octanol–water partition coefficient (Wildman–Crippen LogP) is 3.73. The maximum absolute atomic E-state index is 12.4. The Morgan fingerprint density at radius 3 is 2.71 bits per heavy atom. The van der Waals surface area contributed by atoms with E-state index in [2.05, 4.69) is 26.2 Å². The molecule has 4 nitrogen and oxygen atoms in total. The van der Waals surface area contributed by atoms with Gasteiger partial charge in [0.15, 0.2) is 0 Å². The molecule has 1 aromatic heterocycles. The molecule has 0 aliphatic carbocycles. The molecule has 0 fully saturated rings. The summed E-state index contributed by atoms with van der Waals surface area (Å²) in [6.07, 6.45) is 1.61. The molecule has 1 unspecified atom stereocenters. The van der Waals surface area contributed by atoms with Crippen LogP contribution in [-0.4, -0.2) is 17.5 Å². The van der Waals surface area contributed by atoms with E-state index in [1.54, 1.807) is 18.3 Å². The average molecular weight is 349 g/mol. The summed E-state index contributed by atoms with van der Waals surface area (Å²) in [5, 5.41) is 2.96. The smallest absolute Gasteiger partial charge is 0.257 e. The molecule has 1 aromatic carbocycles. The number of carbonyl (C=O) groups is 1. The summed E-state index contributed by atoms with van der Waals surface area (Å²) in [7, 11) is 0. The minimum absolute atomic E-state index is 0.0970. The largest absolute Gasteiger partial charge is 0.477 e. The molecule has 5 heteroatoms. The fraction of sp³-hybridized carbons (Fsp3) is 0.250. The number of hydrogen-bond acceptors (Lipinski definition) is 3. The maximum atomic E-state index is 12.4. The predicted molar refractivity (Wildman–Crippen MR) is 85.4 cm³/mol. The van der Waals surface area contributed by atoms with Gasteiger partial charge in [-0.2, -0.15) is 0 Å². The van der Waals surface area contributed by atoms with Crippen LogP contribution in [-0.2, 0) is 0 Å². The highest BCUT2D eigenvalue weighted by Gasteiger charge is 2.16. The number of nitrogens with one attached hydrogen (secondary N) is 1. The van der Waals surface area contributed by atoms with Crippen LogP contribution in [0.25, 0.3) is 0 Å². The summed E-state index contributed by atoms with van der Waals surface area (Å²) in [5.41, 5.74) is 1.48. The fourth-order valence-electron chi connectivity index (χ4n) is 1.92. The first kappa shape index (κ1) is 15.5. The number of benzene rings is 1. The Balaban J connectivity index is 2.12. The zero-order chi connectivity index (χ0) is 15.2. The highest BCUT2D eigenvalue weighted by molar-refractivity contribution is 9.10. The minimum Gasteiger partial charge on any atom is -0.477 e. The second-order valence-electron chi connectivity index (χ2n) is 4.54. The van der Waals surface area contributed by atoms with E-state index in [1.165, 1.54) is 0 Å². The topological polar surface area (TPSA) is 51.2 Å². The van der Waals surface area contributed by atoms with Gasteiger partial charge in [0.25, 0.3) is 5.91 Å². The van der Waals surface area contributed by atoms with E-state index in [4.69, 9.17) is 4.74 Å². The van der Waals surface area contributed by atoms with Crippen LogP contribution < -0.4 is 10.1 Å². The number of pyridine rings is 1. The summed E-state index contributed by atoms with van der Waals surface area (Å²) in [4.78, 5) is 16.4. The molecular formula is C16H17BrN2O2. The van der Waals surface area contributed by atoms with E-state index in [0.29, 0.717) is 18.1 Å². The van der Waals surface area contributed by atoms with Crippen LogP contribution in [0.5, 0.6) is 5.88 Å². The van der Waals surface area contributed by atoms with E-state index in [1.807, 2.05) is 38.1 Å². The lowest BCUT2D eigenvalue weighted by atomic mass is 10.1. The quantitative estimate of drug-likeness (QED) is 0.895. The second-order valence-corrected chi connectivity index (χ2v) is 5.45. The maximum Gasteiger partial charge on any atom is 0.257 e. The molecule has 0 aliphatic heterocycles. The van der Waals surface area contributed by atoms with Gasteiger partial charge in [0, 0.05) is 10.7 Å². The van der Waals surface area contributed by atoms with Gasteiger partial charge in [-0.15, -0.1) is 0 Å². The molecular weight excluding hydrogens is 332 g/mol. The van der Waals surface area contributed by atoms with Crippen molar-refractivity contribution < 1.29 is 9.53 Å². The minimum atomic E-state index is -0.193. The molecule has 2 aromatic rings. The number of ether oxygens (including phenoxy) is 1. The normalized spacial score (nSPS) is 11.8. The summed E-state index contributed by atoms with van der Waals surface area (Å²) in [5.74, 6) is 0.169. The molecule has 0 bridgehead atoms. The van der Waals surface area contributed by atoms with Gasteiger partial charge in [-0.3, -0.25) is 4.79 Å². The molecule has 0 saturated carbocycles. The molecule has 1 amide bonds. The Kier molecular flexibility index (Phi) is 5.33. The molecule has 0 aliphatic rings. The SMILES string of the molecule is CCOc1ncccc1C(=O)NC(C)c1ccc(Br)cc1. The highest BCUT2D eigenvalue weighted by Crippen LogP contribution is 2.19.